The SMILES string of the molecule is C[Si]1(C)CC[Si](C)(C)N1CCCBr.NCCCn1nc(C2=C(c3cn(-c4csc5ccccc45)c4ccccc34)C(=O)NC2=O)c2ccccc21.NCCCn1nc(CC(N)=O)c2ccccc21. The van der Waals surface area contributed by atoms with Gasteiger partial charge in [0.2, 0.25) is 5.91 Å². The third kappa shape index (κ3) is 9.97. The number of carbonyl (C=O) groups excluding carboxylic acids is 3. The fourth-order valence-corrected chi connectivity index (χ4v) is 25.2. The average molecular weight is 1030 g/mol. The first-order chi connectivity index (χ1) is 32.8. The Morgan fingerprint density at radius 3 is 1.87 bits per heavy atom. The highest BCUT2D eigenvalue weighted by Crippen LogP contribution is 2.41. The molecule has 0 saturated carbocycles. The largest absolute Gasteiger partial charge is 0.369 e. The summed E-state index contributed by atoms with van der Waals surface area (Å²) in [6, 6.07) is 34.9. The Kier molecular flexibility index (Phi) is 15.1. The van der Waals surface area contributed by atoms with Crippen LogP contribution in [0.1, 0.15) is 36.2 Å². The number of thiophene rings is 1. The number of fused-ring (bicyclic) bond motifs is 4. The minimum absolute atomic E-state index is 0.177. The van der Waals surface area contributed by atoms with Crippen molar-refractivity contribution in [2.75, 3.05) is 25.0 Å². The number of benzene rings is 4. The van der Waals surface area contributed by atoms with Crippen molar-refractivity contribution in [2.24, 2.45) is 17.2 Å². The zero-order valence-corrected chi connectivity index (χ0v) is 43.7. The van der Waals surface area contributed by atoms with E-state index in [0.717, 1.165) is 68.9 Å². The molecule has 3 amide bonds. The number of aryl methyl sites for hydroxylation is 2. The third-order valence-corrected chi connectivity index (χ3v) is 25.0. The summed E-state index contributed by atoms with van der Waals surface area (Å²) >= 11 is 5.22. The number of amides is 3. The highest BCUT2D eigenvalue weighted by molar-refractivity contribution is 9.09. The number of aromatic nitrogens is 5. The van der Waals surface area contributed by atoms with Crippen LogP contribution in [0.4, 0.5) is 0 Å². The van der Waals surface area contributed by atoms with Crippen LogP contribution in [0.25, 0.3) is 59.6 Å². The van der Waals surface area contributed by atoms with Gasteiger partial charge in [-0.15, -0.1) is 11.3 Å². The number of nitrogens with zero attached hydrogens (tertiary/aromatic N) is 6. The molecule has 68 heavy (non-hydrogen) atoms. The van der Waals surface area contributed by atoms with Crippen LogP contribution >= 0.6 is 27.3 Å². The van der Waals surface area contributed by atoms with Crippen molar-refractivity contribution in [3.8, 4) is 5.69 Å². The van der Waals surface area contributed by atoms with Crippen molar-refractivity contribution < 1.29 is 14.4 Å². The average Bonchev–Trinajstić information content (AvgIpc) is 4.17. The van der Waals surface area contributed by atoms with Gasteiger partial charge in [-0.3, -0.25) is 29.1 Å². The lowest BCUT2D eigenvalue weighted by atomic mass is 9.97. The van der Waals surface area contributed by atoms with Gasteiger partial charge in [0.05, 0.1) is 45.5 Å². The highest BCUT2D eigenvalue weighted by atomic mass is 79.9. The molecule has 0 radical (unpaired) electrons. The van der Waals surface area contributed by atoms with Crippen molar-refractivity contribution in [3.63, 3.8) is 0 Å². The van der Waals surface area contributed by atoms with Crippen molar-refractivity contribution in [1.82, 2.24) is 33.7 Å². The van der Waals surface area contributed by atoms with E-state index in [4.69, 9.17) is 22.3 Å². The van der Waals surface area contributed by atoms with Crippen LogP contribution in [0.3, 0.4) is 0 Å². The quantitative estimate of drug-likeness (QED) is 0.0472. The zero-order chi connectivity index (χ0) is 48.2. The molecule has 0 spiro atoms. The first kappa shape index (κ1) is 48.9. The first-order valence-corrected chi connectivity index (χ1v) is 31.7. The molecule has 0 atom stereocenters. The lowest BCUT2D eigenvalue weighted by Crippen LogP contribution is -2.55. The number of primary amides is 1. The number of para-hydroxylation sites is 3. The molecule has 8 aromatic rings. The van der Waals surface area contributed by atoms with Gasteiger partial charge in [-0.25, -0.2) is 0 Å². The lowest BCUT2D eigenvalue weighted by Gasteiger charge is -2.38. The van der Waals surface area contributed by atoms with E-state index in [1.807, 2.05) is 100 Å². The molecule has 1 fully saturated rings. The van der Waals surface area contributed by atoms with Crippen molar-refractivity contribution in [1.29, 1.82) is 0 Å². The minimum atomic E-state index is -0.968. The molecular weight excluding hydrogens is 969 g/mol. The first-order valence-electron chi connectivity index (χ1n) is 23.4. The topological polar surface area (TPSA) is 185 Å². The Morgan fingerprint density at radius 2 is 1.24 bits per heavy atom. The number of hydrogen-bond acceptors (Lipinski definition) is 9. The van der Waals surface area contributed by atoms with E-state index in [-0.39, 0.29) is 12.3 Å². The van der Waals surface area contributed by atoms with Crippen LogP contribution in [0.15, 0.2) is 109 Å². The molecule has 1 saturated heterocycles. The van der Waals surface area contributed by atoms with Gasteiger partial charge in [-0.1, -0.05) is 115 Å². The summed E-state index contributed by atoms with van der Waals surface area (Å²) < 4.78 is 10.0. The van der Waals surface area contributed by atoms with Crippen molar-refractivity contribution in [2.45, 2.75) is 77.0 Å². The monoisotopic (exact) mass is 1030 g/mol. The molecule has 0 aliphatic carbocycles. The van der Waals surface area contributed by atoms with Gasteiger partial charge in [-0.05, 0) is 75.3 Å². The van der Waals surface area contributed by atoms with Crippen LogP contribution in [-0.4, -0.2) is 87.5 Å². The second kappa shape index (κ2) is 21.0. The molecule has 4 aromatic heterocycles. The molecule has 13 nitrogen and oxygen atoms in total. The molecule has 0 bridgehead atoms. The van der Waals surface area contributed by atoms with E-state index in [1.54, 1.807) is 11.3 Å². The van der Waals surface area contributed by atoms with E-state index >= 15 is 0 Å². The zero-order valence-electron chi connectivity index (χ0n) is 39.3. The van der Waals surface area contributed by atoms with Gasteiger partial charge >= 0.3 is 0 Å². The third-order valence-electron chi connectivity index (χ3n) is 13.1. The number of rotatable bonds is 14. The molecule has 2 aliphatic rings. The smallest absolute Gasteiger partial charge is 0.261 e. The molecule has 4 aromatic carbocycles. The molecule has 7 N–H and O–H groups in total. The summed E-state index contributed by atoms with van der Waals surface area (Å²) in [6.07, 6.45) is 5.09. The summed E-state index contributed by atoms with van der Waals surface area (Å²) in [7, 11) is -1.94. The molecular formula is C51H61BrN10O3SSi2. The second-order valence-electron chi connectivity index (χ2n) is 18.6. The fraction of sp³-hybridized carbons (Fsp3) is 0.314. The Balaban J connectivity index is 0.000000171. The van der Waals surface area contributed by atoms with E-state index < -0.39 is 28.3 Å². The number of nitrogens with one attached hydrogen (secondary N) is 1. The maximum absolute atomic E-state index is 13.4. The Bertz CT molecular complexity index is 3150. The van der Waals surface area contributed by atoms with E-state index in [9.17, 15) is 14.4 Å². The maximum atomic E-state index is 13.4. The lowest BCUT2D eigenvalue weighted by molar-refractivity contribution is -0.123. The number of imide groups is 1. The van der Waals surface area contributed by atoms with Crippen LogP contribution < -0.4 is 22.5 Å². The number of carbonyl (C=O) groups is 3. The summed E-state index contributed by atoms with van der Waals surface area (Å²) in [6.45, 7) is 14.1. The standard InChI is InChI=1S/C30H23N5O2S.C12H16N4O.C9H22BrNSi2/c31-14-7-15-35-23-12-5-2-10-20(23)28(33-35)27-26(29(36)32-30(27)37)21-16-34(22-11-4-1-8-18(21)22)24-17-38-25-13-6-3-9-19(24)25;13-6-3-7-16-11-5-2-1-4-9(11)10(15-16)8-12(14)17;1-12(2)8-9-13(3,4)11(12)7-5-6-10/h1-6,8-13,16-17H,7,14-15,31H2,(H,32,36,37);1-2,4-5H,3,6-8,13H2,(H2,14,17);5-9H2,1-4H3. The number of hydrogen-bond donors (Lipinski definition) is 4. The predicted molar refractivity (Wildman–Crippen MR) is 288 cm³/mol. The van der Waals surface area contributed by atoms with E-state index in [2.05, 4.69) is 78.8 Å². The van der Waals surface area contributed by atoms with Crippen LogP contribution in [0.5, 0.6) is 0 Å². The van der Waals surface area contributed by atoms with Crippen LogP contribution in [0.2, 0.25) is 38.3 Å². The molecule has 0 unspecified atom stereocenters. The predicted octanol–water partition coefficient (Wildman–Crippen LogP) is 9.02. The van der Waals surface area contributed by atoms with E-state index in [1.165, 1.54) is 35.1 Å². The summed E-state index contributed by atoms with van der Waals surface area (Å²) in [4.78, 5) is 37.7. The summed E-state index contributed by atoms with van der Waals surface area (Å²) in [5, 5.41) is 18.9. The van der Waals surface area contributed by atoms with Gasteiger partial charge in [0.25, 0.3) is 11.8 Å². The minimum Gasteiger partial charge on any atom is -0.369 e. The molecule has 354 valence electrons. The molecule has 10 rings (SSSR count). The van der Waals surface area contributed by atoms with E-state index in [0.29, 0.717) is 42.0 Å². The Labute approximate surface area is 411 Å². The highest BCUT2D eigenvalue weighted by Gasteiger charge is 2.46. The molecule has 17 heteroatoms. The number of halogens is 1. The van der Waals surface area contributed by atoms with Crippen molar-refractivity contribution >= 4 is 115 Å². The summed E-state index contributed by atoms with van der Waals surface area (Å²) in [5.74, 6) is -1.21. The van der Waals surface area contributed by atoms with Gasteiger partial charge in [-0.2, -0.15) is 10.2 Å². The van der Waals surface area contributed by atoms with Gasteiger partial charge in [0, 0.05) is 61.8 Å². The van der Waals surface area contributed by atoms with Gasteiger partial charge in [0.1, 0.15) is 22.2 Å². The fourth-order valence-electron chi connectivity index (χ4n) is 9.82. The van der Waals surface area contributed by atoms with Gasteiger partial charge in [0.15, 0.2) is 0 Å². The Hall–Kier alpha value is -5.54. The van der Waals surface area contributed by atoms with Gasteiger partial charge < -0.3 is 26.0 Å². The van der Waals surface area contributed by atoms with Crippen molar-refractivity contribution in [3.05, 3.63) is 126 Å². The number of nitrogens with two attached hydrogens (primary N) is 3. The van der Waals surface area contributed by atoms with Crippen LogP contribution in [0, 0.1) is 0 Å². The Morgan fingerprint density at radius 1 is 0.691 bits per heavy atom. The molecule has 2 aliphatic heterocycles. The number of alkyl halides is 1. The molecule has 6 heterocycles. The summed E-state index contributed by atoms with van der Waals surface area (Å²) in [5.41, 5.74) is 23.0. The van der Waals surface area contributed by atoms with Crippen LogP contribution in [-0.2, 0) is 33.9 Å². The normalized spacial score (nSPS) is 15.6. The maximum Gasteiger partial charge on any atom is 0.261 e. The second-order valence-corrected chi connectivity index (χ2v) is 30.1.